The average molecular weight is 321 g/mol. The van der Waals surface area contributed by atoms with Gasteiger partial charge in [-0.2, -0.15) is 0 Å². The second kappa shape index (κ2) is 5.52. The van der Waals surface area contributed by atoms with E-state index in [0.29, 0.717) is 5.02 Å². The van der Waals surface area contributed by atoms with Crippen molar-refractivity contribution in [1.29, 1.82) is 0 Å². The van der Waals surface area contributed by atoms with E-state index in [4.69, 9.17) is 16.6 Å². The summed E-state index contributed by atoms with van der Waals surface area (Å²) in [7, 11) is 0. The van der Waals surface area contributed by atoms with Crippen LogP contribution in [0.2, 0.25) is 5.02 Å². The van der Waals surface area contributed by atoms with Crippen LogP contribution in [0.5, 0.6) is 0 Å². The van der Waals surface area contributed by atoms with Crippen molar-refractivity contribution in [3.8, 4) is 0 Å². The average Bonchev–Trinajstić information content (AvgIpc) is 2.70. The number of benzene rings is 3. The van der Waals surface area contributed by atoms with Crippen LogP contribution in [-0.2, 0) is 4.79 Å². The second-order valence-corrected chi connectivity index (χ2v) is 5.95. The zero-order valence-corrected chi connectivity index (χ0v) is 13.0. The van der Waals surface area contributed by atoms with Crippen molar-refractivity contribution >= 4 is 45.4 Å². The van der Waals surface area contributed by atoms with Gasteiger partial charge in [-0.3, -0.25) is 9.79 Å². The predicted octanol–water partition coefficient (Wildman–Crippen LogP) is 4.96. The van der Waals surface area contributed by atoms with Crippen LogP contribution < -0.4 is 5.32 Å². The van der Waals surface area contributed by atoms with E-state index in [2.05, 4.69) is 5.32 Å². The zero-order valence-electron chi connectivity index (χ0n) is 12.2. The molecule has 0 radical (unpaired) electrons. The van der Waals surface area contributed by atoms with Crippen LogP contribution in [0.4, 0.5) is 11.4 Å². The molecule has 0 bridgehead atoms. The van der Waals surface area contributed by atoms with E-state index in [1.807, 2.05) is 60.7 Å². The standard InChI is InChI=1S/C19H13ClN2O/c20-15-7-3-6-14(8-15)16-11-19(23)22-18-10-13-5-2-1-4-12(13)9-17(18)21-16/h1-10H,11H2,(H,22,23). The summed E-state index contributed by atoms with van der Waals surface area (Å²) in [5, 5.41) is 5.75. The number of nitrogens with one attached hydrogen (secondary N) is 1. The number of hydrogen-bond acceptors (Lipinski definition) is 2. The number of carbonyl (C=O) groups is 1. The SMILES string of the molecule is O=C1CC(c2cccc(Cl)c2)=Nc2cc3ccccc3cc2N1. The van der Waals surface area contributed by atoms with Crippen LogP contribution in [0, 0.1) is 0 Å². The summed E-state index contributed by atoms with van der Waals surface area (Å²) in [6.07, 6.45) is 0.228. The van der Waals surface area contributed by atoms with E-state index in [0.717, 1.165) is 33.4 Å². The third-order valence-corrected chi connectivity index (χ3v) is 4.11. The molecule has 1 N–H and O–H groups in total. The summed E-state index contributed by atoms with van der Waals surface area (Å²) in [6.45, 7) is 0. The van der Waals surface area contributed by atoms with E-state index in [1.54, 1.807) is 0 Å². The molecule has 112 valence electrons. The third kappa shape index (κ3) is 2.71. The fraction of sp³-hybridized carbons (Fsp3) is 0.0526. The Hall–Kier alpha value is -2.65. The number of hydrogen-bond donors (Lipinski definition) is 1. The molecule has 1 amide bonds. The Balaban J connectivity index is 1.91. The third-order valence-electron chi connectivity index (χ3n) is 3.88. The molecule has 0 aliphatic carbocycles. The smallest absolute Gasteiger partial charge is 0.230 e. The first-order valence-electron chi connectivity index (χ1n) is 7.35. The Morgan fingerprint density at radius 1 is 0.957 bits per heavy atom. The van der Waals surface area contributed by atoms with E-state index in [-0.39, 0.29) is 12.3 Å². The Labute approximate surface area is 138 Å². The number of fused-ring (bicyclic) bond motifs is 2. The molecule has 1 aliphatic heterocycles. The van der Waals surface area contributed by atoms with Gasteiger partial charge in [0.05, 0.1) is 23.5 Å². The normalized spacial score (nSPS) is 14.0. The summed E-state index contributed by atoms with van der Waals surface area (Å²) in [4.78, 5) is 17.0. The number of carbonyl (C=O) groups excluding carboxylic acids is 1. The number of halogens is 1. The van der Waals surface area contributed by atoms with Crippen LogP contribution in [0.3, 0.4) is 0 Å². The van der Waals surface area contributed by atoms with Gasteiger partial charge in [0.1, 0.15) is 0 Å². The maximum atomic E-state index is 12.2. The van der Waals surface area contributed by atoms with Crippen molar-refractivity contribution in [1.82, 2.24) is 0 Å². The lowest BCUT2D eigenvalue weighted by molar-refractivity contribution is -0.115. The predicted molar refractivity (Wildman–Crippen MR) is 94.8 cm³/mol. The molecule has 1 heterocycles. The molecule has 0 atom stereocenters. The molecule has 0 unspecified atom stereocenters. The number of rotatable bonds is 1. The fourth-order valence-electron chi connectivity index (χ4n) is 2.79. The first-order chi connectivity index (χ1) is 11.2. The summed E-state index contributed by atoms with van der Waals surface area (Å²) < 4.78 is 0. The van der Waals surface area contributed by atoms with Gasteiger partial charge in [-0.25, -0.2) is 0 Å². The minimum absolute atomic E-state index is 0.0715. The van der Waals surface area contributed by atoms with Crippen LogP contribution in [0.15, 0.2) is 65.7 Å². The highest BCUT2D eigenvalue weighted by Gasteiger charge is 2.17. The number of aliphatic imine (C=N–C) groups is 1. The first-order valence-corrected chi connectivity index (χ1v) is 7.73. The van der Waals surface area contributed by atoms with Crippen LogP contribution in [0.1, 0.15) is 12.0 Å². The van der Waals surface area contributed by atoms with Crippen molar-refractivity contribution in [3.05, 3.63) is 71.2 Å². The van der Waals surface area contributed by atoms with Gasteiger partial charge in [-0.1, -0.05) is 48.0 Å². The summed E-state index contributed by atoms with van der Waals surface area (Å²) >= 11 is 6.06. The van der Waals surface area contributed by atoms with Gasteiger partial charge in [0.25, 0.3) is 0 Å². The van der Waals surface area contributed by atoms with Crippen molar-refractivity contribution < 1.29 is 4.79 Å². The summed E-state index contributed by atoms with van der Waals surface area (Å²) in [5.74, 6) is -0.0715. The molecule has 0 saturated carbocycles. The molecule has 23 heavy (non-hydrogen) atoms. The quantitative estimate of drug-likeness (QED) is 0.676. The van der Waals surface area contributed by atoms with Crippen molar-refractivity contribution in [3.63, 3.8) is 0 Å². The van der Waals surface area contributed by atoms with Gasteiger partial charge in [0.2, 0.25) is 5.91 Å². The van der Waals surface area contributed by atoms with E-state index >= 15 is 0 Å². The fourth-order valence-corrected chi connectivity index (χ4v) is 2.98. The molecule has 3 aromatic rings. The molecule has 4 heteroatoms. The summed E-state index contributed by atoms with van der Waals surface area (Å²) in [6, 6.07) is 19.4. The molecule has 4 rings (SSSR count). The highest BCUT2D eigenvalue weighted by Crippen LogP contribution is 2.33. The van der Waals surface area contributed by atoms with Gasteiger partial charge in [-0.05, 0) is 40.6 Å². The topological polar surface area (TPSA) is 41.5 Å². The molecule has 3 aromatic carbocycles. The van der Waals surface area contributed by atoms with Crippen LogP contribution in [0.25, 0.3) is 10.8 Å². The molecular formula is C19H13ClN2O. The highest BCUT2D eigenvalue weighted by molar-refractivity contribution is 6.31. The molecule has 0 saturated heterocycles. The van der Waals surface area contributed by atoms with Crippen molar-refractivity contribution in [2.24, 2.45) is 4.99 Å². The minimum atomic E-state index is -0.0715. The van der Waals surface area contributed by atoms with E-state index < -0.39 is 0 Å². The van der Waals surface area contributed by atoms with Crippen molar-refractivity contribution in [2.75, 3.05) is 5.32 Å². The maximum absolute atomic E-state index is 12.2. The van der Waals surface area contributed by atoms with Crippen molar-refractivity contribution in [2.45, 2.75) is 6.42 Å². The molecule has 0 fully saturated rings. The van der Waals surface area contributed by atoms with Gasteiger partial charge < -0.3 is 5.32 Å². The largest absolute Gasteiger partial charge is 0.324 e. The van der Waals surface area contributed by atoms with Gasteiger partial charge in [0.15, 0.2) is 0 Å². The molecule has 3 nitrogen and oxygen atoms in total. The Morgan fingerprint density at radius 3 is 2.52 bits per heavy atom. The summed E-state index contributed by atoms with van der Waals surface area (Å²) in [5.41, 5.74) is 3.10. The number of anilines is 1. The first kappa shape index (κ1) is 14.0. The van der Waals surface area contributed by atoms with Gasteiger partial charge >= 0.3 is 0 Å². The van der Waals surface area contributed by atoms with Gasteiger partial charge in [0, 0.05) is 5.02 Å². The number of amides is 1. The Bertz CT molecular complexity index is 962. The monoisotopic (exact) mass is 320 g/mol. The highest BCUT2D eigenvalue weighted by atomic mass is 35.5. The Morgan fingerprint density at radius 2 is 1.74 bits per heavy atom. The maximum Gasteiger partial charge on any atom is 0.230 e. The minimum Gasteiger partial charge on any atom is -0.324 e. The molecule has 0 spiro atoms. The van der Waals surface area contributed by atoms with Gasteiger partial charge in [-0.15, -0.1) is 0 Å². The lowest BCUT2D eigenvalue weighted by Crippen LogP contribution is -2.14. The Kier molecular flexibility index (Phi) is 3.36. The van der Waals surface area contributed by atoms with E-state index in [1.165, 1.54) is 0 Å². The zero-order chi connectivity index (χ0) is 15.8. The van der Waals surface area contributed by atoms with Crippen LogP contribution >= 0.6 is 11.6 Å². The molecule has 1 aliphatic rings. The van der Waals surface area contributed by atoms with E-state index in [9.17, 15) is 4.79 Å². The second-order valence-electron chi connectivity index (χ2n) is 5.51. The molecular weight excluding hydrogens is 308 g/mol. The lowest BCUT2D eigenvalue weighted by atomic mass is 10.1. The van der Waals surface area contributed by atoms with Crippen LogP contribution in [-0.4, -0.2) is 11.6 Å². The number of nitrogens with zero attached hydrogens (tertiary/aromatic N) is 1. The molecule has 0 aromatic heterocycles. The lowest BCUT2D eigenvalue weighted by Gasteiger charge is -2.06.